The summed E-state index contributed by atoms with van der Waals surface area (Å²) in [4.78, 5) is 4.34. The van der Waals surface area contributed by atoms with Gasteiger partial charge in [-0.3, -0.25) is 0 Å². The van der Waals surface area contributed by atoms with Crippen LogP contribution in [0.15, 0.2) is 24.5 Å². The molecule has 1 unspecified atom stereocenters. The van der Waals surface area contributed by atoms with Gasteiger partial charge < -0.3 is 15.0 Å². The summed E-state index contributed by atoms with van der Waals surface area (Å²) in [7, 11) is 3.69. The minimum atomic E-state index is 0.247. The normalized spacial score (nSPS) is 13.2. The SMILES string of the molecule is COCC(CN)c1ccc2c(c1)ncn2C. The zero-order chi connectivity index (χ0) is 11.5. The number of hydrogen-bond acceptors (Lipinski definition) is 3. The second-order valence-electron chi connectivity index (χ2n) is 3.99. The van der Waals surface area contributed by atoms with Crippen molar-refractivity contribution in [1.82, 2.24) is 9.55 Å². The lowest BCUT2D eigenvalue weighted by molar-refractivity contribution is 0.181. The summed E-state index contributed by atoms with van der Waals surface area (Å²) in [6.45, 7) is 1.24. The molecule has 0 saturated heterocycles. The van der Waals surface area contributed by atoms with E-state index in [0.717, 1.165) is 11.0 Å². The van der Waals surface area contributed by atoms with Crippen LogP contribution in [0.3, 0.4) is 0 Å². The van der Waals surface area contributed by atoms with Gasteiger partial charge >= 0.3 is 0 Å². The summed E-state index contributed by atoms with van der Waals surface area (Å²) in [6.07, 6.45) is 1.82. The molecule has 4 heteroatoms. The summed E-state index contributed by atoms with van der Waals surface area (Å²) in [5.74, 6) is 0.247. The fourth-order valence-electron chi connectivity index (χ4n) is 1.91. The van der Waals surface area contributed by atoms with Crippen LogP contribution < -0.4 is 5.73 Å². The molecule has 0 spiro atoms. The quantitative estimate of drug-likeness (QED) is 0.842. The first-order valence-corrected chi connectivity index (χ1v) is 5.36. The number of aromatic nitrogens is 2. The third-order valence-corrected chi connectivity index (χ3v) is 2.87. The molecule has 16 heavy (non-hydrogen) atoms. The summed E-state index contributed by atoms with van der Waals surface area (Å²) >= 11 is 0. The van der Waals surface area contributed by atoms with Crippen LogP contribution in [-0.2, 0) is 11.8 Å². The molecule has 0 aliphatic heterocycles. The van der Waals surface area contributed by atoms with Crippen LogP contribution in [0.25, 0.3) is 11.0 Å². The third-order valence-electron chi connectivity index (χ3n) is 2.87. The minimum absolute atomic E-state index is 0.247. The minimum Gasteiger partial charge on any atom is -0.384 e. The number of ether oxygens (including phenoxy) is 1. The number of aryl methyl sites for hydroxylation is 1. The highest BCUT2D eigenvalue weighted by Gasteiger charge is 2.10. The van der Waals surface area contributed by atoms with Crippen molar-refractivity contribution < 1.29 is 4.74 Å². The average Bonchev–Trinajstić information content (AvgIpc) is 2.67. The van der Waals surface area contributed by atoms with E-state index >= 15 is 0 Å². The number of nitrogens with two attached hydrogens (primary N) is 1. The number of hydrogen-bond donors (Lipinski definition) is 1. The lowest BCUT2D eigenvalue weighted by Gasteiger charge is -2.13. The molecule has 0 aliphatic rings. The summed E-state index contributed by atoms with van der Waals surface area (Å²) in [5, 5.41) is 0. The topological polar surface area (TPSA) is 53.1 Å². The number of methoxy groups -OCH3 is 1. The van der Waals surface area contributed by atoms with Crippen LogP contribution in [-0.4, -0.2) is 29.8 Å². The molecule has 0 saturated carbocycles. The van der Waals surface area contributed by atoms with E-state index in [-0.39, 0.29) is 5.92 Å². The van der Waals surface area contributed by atoms with E-state index in [2.05, 4.69) is 23.2 Å². The van der Waals surface area contributed by atoms with Gasteiger partial charge in [0.05, 0.1) is 24.0 Å². The Kier molecular flexibility index (Phi) is 3.22. The Balaban J connectivity index is 2.37. The van der Waals surface area contributed by atoms with Gasteiger partial charge in [-0.25, -0.2) is 4.98 Å². The predicted molar refractivity (Wildman–Crippen MR) is 64.4 cm³/mol. The zero-order valence-corrected chi connectivity index (χ0v) is 9.68. The van der Waals surface area contributed by atoms with Gasteiger partial charge in [-0.2, -0.15) is 0 Å². The van der Waals surface area contributed by atoms with Crippen LogP contribution in [0.1, 0.15) is 11.5 Å². The van der Waals surface area contributed by atoms with E-state index in [0.29, 0.717) is 13.2 Å². The summed E-state index contributed by atoms with van der Waals surface area (Å²) in [6, 6.07) is 6.27. The molecule has 2 N–H and O–H groups in total. The molecule has 1 aromatic heterocycles. The van der Waals surface area contributed by atoms with Gasteiger partial charge in [0.1, 0.15) is 0 Å². The highest BCUT2D eigenvalue weighted by molar-refractivity contribution is 5.76. The lowest BCUT2D eigenvalue weighted by atomic mass is 10.00. The van der Waals surface area contributed by atoms with E-state index in [4.69, 9.17) is 10.5 Å². The van der Waals surface area contributed by atoms with Crippen molar-refractivity contribution in [2.45, 2.75) is 5.92 Å². The molecular formula is C12H17N3O. The van der Waals surface area contributed by atoms with Gasteiger partial charge in [0.15, 0.2) is 0 Å². The van der Waals surface area contributed by atoms with Crippen LogP contribution in [0.2, 0.25) is 0 Å². The van der Waals surface area contributed by atoms with Crippen LogP contribution in [0, 0.1) is 0 Å². The van der Waals surface area contributed by atoms with Crippen molar-refractivity contribution in [2.24, 2.45) is 12.8 Å². The summed E-state index contributed by atoms with van der Waals surface area (Å²) in [5.41, 5.74) is 9.07. The Morgan fingerprint density at radius 1 is 1.50 bits per heavy atom. The second kappa shape index (κ2) is 4.63. The largest absolute Gasteiger partial charge is 0.384 e. The second-order valence-corrected chi connectivity index (χ2v) is 3.99. The molecule has 1 aromatic carbocycles. The van der Waals surface area contributed by atoms with Crippen molar-refractivity contribution in [3.63, 3.8) is 0 Å². The van der Waals surface area contributed by atoms with E-state index in [1.807, 2.05) is 17.9 Å². The maximum Gasteiger partial charge on any atom is 0.0955 e. The predicted octanol–water partition coefficient (Wildman–Crippen LogP) is 1.26. The zero-order valence-electron chi connectivity index (χ0n) is 9.68. The molecule has 1 heterocycles. The van der Waals surface area contributed by atoms with Gasteiger partial charge in [-0.05, 0) is 17.7 Å². The van der Waals surface area contributed by atoms with Crippen molar-refractivity contribution in [3.8, 4) is 0 Å². The van der Waals surface area contributed by atoms with E-state index < -0.39 is 0 Å². The molecule has 0 radical (unpaired) electrons. The van der Waals surface area contributed by atoms with Crippen molar-refractivity contribution in [3.05, 3.63) is 30.1 Å². The van der Waals surface area contributed by atoms with E-state index in [9.17, 15) is 0 Å². The molecule has 4 nitrogen and oxygen atoms in total. The first kappa shape index (κ1) is 11.1. The fourth-order valence-corrected chi connectivity index (χ4v) is 1.91. The van der Waals surface area contributed by atoms with Gasteiger partial charge in [0.2, 0.25) is 0 Å². The molecule has 1 atom stereocenters. The standard InChI is InChI=1S/C12H17N3O/c1-15-8-14-11-5-9(3-4-12(11)15)10(6-13)7-16-2/h3-5,8,10H,6-7,13H2,1-2H3. The van der Waals surface area contributed by atoms with Crippen LogP contribution in [0.4, 0.5) is 0 Å². The molecular weight excluding hydrogens is 202 g/mol. The van der Waals surface area contributed by atoms with Crippen LogP contribution in [0.5, 0.6) is 0 Å². The maximum absolute atomic E-state index is 5.73. The molecule has 2 rings (SSSR count). The van der Waals surface area contributed by atoms with Gasteiger partial charge in [0, 0.05) is 26.6 Å². The first-order chi connectivity index (χ1) is 7.76. The average molecular weight is 219 g/mol. The Hall–Kier alpha value is -1.39. The summed E-state index contributed by atoms with van der Waals surface area (Å²) < 4.78 is 7.17. The molecule has 0 fully saturated rings. The number of fused-ring (bicyclic) bond motifs is 1. The van der Waals surface area contributed by atoms with Crippen LogP contribution >= 0.6 is 0 Å². The number of nitrogens with zero attached hydrogens (tertiary/aromatic N) is 2. The smallest absolute Gasteiger partial charge is 0.0955 e. The monoisotopic (exact) mass is 219 g/mol. The number of benzene rings is 1. The Morgan fingerprint density at radius 3 is 3.00 bits per heavy atom. The van der Waals surface area contributed by atoms with E-state index in [1.54, 1.807) is 7.11 Å². The molecule has 86 valence electrons. The molecule has 0 amide bonds. The molecule has 2 aromatic rings. The highest BCUT2D eigenvalue weighted by atomic mass is 16.5. The fraction of sp³-hybridized carbons (Fsp3) is 0.417. The van der Waals surface area contributed by atoms with Gasteiger partial charge in [0.25, 0.3) is 0 Å². The molecule has 0 aliphatic carbocycles. The van der Waals surface area contributed by atoms with Crippen molar-refractivity contribution >= 4 is 11.0 Å². The highest BCUT2D eigenvalue weighted by Crippen LogP contribution is 2.20. The van der Waals surface area contributed by atoms with Gasteiger partial charge in [-0.1, -0.05) is 6.07 Å². The third kappa shape index (κ3) is 1.94. The maximum atomic E-state index is 5.73. The Bertz CT molecular complexity index is 478. The number of imidazole rings is 1. The Labute approximate surface area is 95.0 Å². The first-order valence-electron chi connectivity index (χ1n) is 5.36. The number of rotatable bonds is 4. The van der Waals surface area contributed by atoms with Gasteiger partial charge in [-0.15, -0.1) is 0 Å². The van der Waals surface area contributed by atoms with E-state index in [1.165, 1.54) is 5.56 Å². The van der Waals surface area contributed by atoms with Crippen molar-refractivity contribution in [2.75, 3.05) is 20.3 Å². The van der Waals surface area contributed by atoms with Crippen molar-refractivity contribution in [1.29, 1.82) is 0 Å². The lowest BCUT2D eigenvalue weighted by Crippen LogP contribution is -2.17. The molecule has 0 bridgehead atoms. The Morgan fingerprint density at radius 2 is 2.31 bits per heavy atom.